The van der Waals surface area contributed by atoms with Crippen LogP contribution in [0.5, 0.6) is 0 Å². The molecule has 6 heteroatoms. The summed E-state index contributed by atoms with van der Waals surface area (Å²) in [6.45, 7) is -0.373. The van der Waals surface area contributed by atoms with Gasteiger partial charge in [-0.05, 0) is 55.4 Å². The summed E-state index contributed by atoms with van der Waals surface area (Å²) < 4.78 is 5.32. The number of nitrogens with one attached hydrogen (secondary N) is 1. The number of carbonyl (C=O) groups excluding carboxylic acids is 3. The molecule has 4 atom stereocenters. The maximum Gasteiger partial charge on any atom is 0.310 e. The first-order chi connectivity index (χ1) is 14.0. The average Bonchev–Trinajstić information content (AvgIpc) is 3.35. The molecule has 150 valence electrons. The number of hydrogen-bond acceptors (Lipinski definition) is 4. The molecule has 1 amide bonds. The second kappa shape index (κ2) is 8.37. The van der Waals surface area contributed by atoms with Gasteiger partial charge in [0.1, 0.15) is 0 Å². The topological polar surface area (TPSA) is 72.5 Å². The van der Waals surface area contributed by atoms with E-state index in [-0.39, 0.29) is 30.1 Å². The number of halogens is 1. The van der Waals surface area contributed by atoms with Crippen molar-refractivity contribution < 1.29 is 19.1 Å². The summed E-state index contributed by atoms with van der Waals surface area (Å²) in [6.07, 6.45) is 2.77. The molecule has 2 aromatic carbocycles. The number of amides is 1. The van der Waals surface area contributed by atoms with E-state index in [1.165, 1.54) is 0 Å². The lowest BCUT2D eigenvalue weighted by atomic mass is 9.75. The molecule has 2 saturated carbocycles. The summed E-state index contributed by atoms with van der Waals surface area (Å²) in [5, 5.41) is 3.24. The van der Waals surface area contributed by atoms with Gasteiger partial charge in [0.05, 0.1) is 5.92 Å². The molecule has 2 aliphatic carbocycles. The molecule has 2 aromatic rings. The first-order valence-corrected chi connectivity index (χ1v) is 10.2. The summed E-state index contributed by atoms with van der Waals surface area (Å²) in [4.78, 5) is 38.0. The van der Waals surface area contributed by atoms with Crippen molar-refractivity contribution in [3.05, 3.63) is 65.2 Å². The van der Waals surface area contributed by atoms with E-state index in [1.54, 1.807) is 36.4 Å². The Balaban J connectivity index is 1.39. The standard InChI is InChI=1S/C23H22ClNO4/c24-17-8-10-18(11-9-17)25-19(26)13-29-23(28)21-16-7-6-15(12-16)20(21)22(27)14-4-2-1-3-5-14/h1-5,8-11,15-16,20-21H,6-7,12-13H2,(H,25,26)/t15-,16-,20-,21+/m0/s1. The Labute approximate surface area is 174 Å². The fourth-order valence-corrected chi connectivity index (χ4v) is 4.89. The Morgan fingerprint density at radius 3 is 2.28 bits per heavy atom. The number of benzene rings is 2. The third kappa shape index (κ3) is 4.20. The molecule has 0 saturated heterocycles. The minimum atomic E-state index is -0.468. The Morgan fingerprint density at radius 1 is 0.931 bits per heavy atom. The van der Waals surface area contributed by atoms with E-state index in [9.17, 15) is 14.4 Å². The van der Waals surface area contributed by atoms with Crippen LogP contribution >= 0.6 is 11.6 Å². The molecule has 2 aliphatic rings. The predicted molar refractivity (Wildman–Crippen MR) is 110 cm³/mol. The molecule has 5 nitrogen and oxygen atoms in total. The molecule has 29 heavy (non-hydrogen) atoms. The van der Waals surface area contributed by atoms with Gasteiger partial charge in [0.25, 0.3) is 5.91 Å². The van der Waals surface area contributed by atoms with Gasteiger partial charge in [-0.25, -0.2) is 0 Å². The van der Waals surface area contributed by atoms with Gasteiger partial charge < -0.3 is 10.1 Å². The van der Waals surface area contributed by atoms with Crippen molar-refractivity contribution in [2.75, 3.05) is 11.9 Å². The van der Waals surface area contributed by atoms with Crippen molar-refractivity contribution >= 4 is 34.9 Å². The second-order valence-corrected chi connectivity index (χ2v) is 8.21. The van der Waals surface area contributed by atoms with Crippen LogP contribution in [0.15, 0.2) is 54.6 Å². The Morgan fingerprint density at radius 2 is 1.59 bits per heavy atom. The highest BCUT2D eigenvalue weighted by Gasteiger charge is 2.54. The summed E-state index contributed by atoms with van der Waals surface area (Å²) in [7, 11) is 0. The highest BCUT2D eigenvalue weighted by Crippen LogP contribution is 2.53. The zero-order valence-corrected chi connectivity index (χ0v) is 16.6. The number of carbonyl (C=O) groups is 3. The fraction of sp³-hybridized carbons (Fsp3) is 0.348. The van der Waals surface area contributed by atoms with Gasteiger partial charge in [-0.3, -0.25) is 14.4 Å². The molecule has 0 unspecified atom stereocenters. The molecule has 4 rings (SSSR count). The number of esters is 1. The van der Waals surface area contributed by atoms with E-state index in [2.05, 4.69) is 5.32 Å². The molecule has 0 radical (unpaired) electrons. The summed E-state index contributed by atoms with van der Waals surface area (Å²) in [6, 6.07) is 15.8. The van der Waals surface area contributed by atoms with Crippen molar-refractivity contribution in [1.29, 1.82) is 0 Å². The molecular formula is C23H22ClNO4. The molecule has 1 N–H and O–H groups in total. The third-order valence-electron chi connectivity index (χ3n) is 6.02. The van der Waals surface area contributed by atoms with Crippen LogP contribution in [0.2, 0.25) is 5.02 Å². The number of fused-ring (bicyclic) bond motifs is 2. The highest BCUT2D eigenvalue weighted by atomic mass is 35.5. The smallest absolute Gasteiger partial charge is 0.310 e. The second-order valence-electron chi connectivity index (χ2n) is 7.78. The van der Waals surface area contributed by atoms with E-state index in [4.69, 9.17) is 16.3 Å². The van der Waals surface area contributed by atoms with Crippen molar-refractivity contribution in [3.8, 4) is 0 Å². The van der Waals surface area contributed by atoms with E-state index in [0.29, 0.717) is 16.3 Å². The van der Waals surface area contributed by atoms with Crippen molar-refractivity contribution in [2.45, 2.75) is 19.3 Å². The lowest BCUT2D eigenvalue weighted by Crippen LogP contribution is -2.37. The molecule has 2 bridgehead atoms. The number of ketones is 1. The van der Waals surface area contributed by atoms with Crippen LogP contribution in [0, 0.1) is 23.7 Å². The van der Waals surface area contributed by atoms with Crippen molar-refractivity contribution in [1.82, 2.24) is 0 Å². The van der Waals surface area contributed by atoms with Crippen LogP contribution in [0.1, 0.15) is 29.6 Å². The van der Waals surface area contributed by atoms with E-state index < -0.39 is 17.8 Å². The monoisotopic (exact) mass is 411 g/mol. The molecule has 0 aromatic heterocycles. The highest BCUT2D eigenvalue weighted by molar-refractivity contribution is 6.30. The zero-order chi connectivity index (χ0) is 20.4. The normalized spacial score (nSPS) is 24.9. The largest absolute Gasteiger partial charge is 0.455 e. The third-order valence-corrected chi connectivity index (χ3v) is 6.28. The van der Waals surface area contributed by atoms with Crippen LogP contribution < -0.4 is 5.32 Å². The van der Waals surface area contributed by atoms with Gasteiger partial charge in [0, 0.05) is 22.2 Å². The van der Waals surface area contributed by atoms with Crippen molar-refractivity contribution in [3.63, 3.8) is 0 Å². The average molecular weight is 412 g/mol. The first-order valence-electron chi connectivity index (χ1n) is 9.84. The van der Waals surface area contributed by atoms with Crippen LogP contribution in [0.25, 0.3) is 0 Å². The van der Waals surface area contributed by atoms with E-state index >= 15 is 0 Å². The summed E-state index contributed by atoms with van der Waals surface area (Å²) in [5.74, 6) is -1.32. The van der Waals surface area contributed by atoms with Gasteiger partial charge in [-0.15, -0.1) is 0 Å². The minimum absolute atomic E-state index is 0.00497. The van der Waals surface area contributed by atoms with E-state index in [0.717, 1.165) is 19.3 Å². The summed E-state index contributed by atoms with van der Waals surface area (Å²) >= 11 is 5.83. The number of anilines is 1. The molecule has 0 aliphatic heterocycles. The lowest BCUT2D eigenvalue weighted by molar-refractivity contribution is -0.154. The molecular weight excluding hydrogens is 390 g/mol. The molecule has 0 spiro atoms. The van der Waals surface area contributed by atoms with Gasteiger partial charge in [-0.1, -0.05) is 41.9 Å². The Kier molecular flexibility index (Phi) is 5.67. The van der Waals surface area contributed by atoms with Crippen LogP contribution in [0.3, 0.4) is 0 Å². The quantitative estimate of drug-likeness (QED) is 0.566. The van der Waals surface area contributed by atoms with Gasteiger partial charge in [0.2, 0.25) is 0 Å². The Hall–Kier alpha value is -2.66. The van der Waals surface area contributed by atoms with Crippen LogP contribution in [-0.2, 0) is 14.3 Å². The van der Waals surface area contributed by atoms with Crippen LogP contribution in [-0.4, -0.2) is 24.3 Å². The van der Waals surface area contributed by atoms with Gasteiger partial charge in [-0.2, -0.15) is 0 Å². The van der Waals surface area contributed by atoms with Gasteiger partial charge >= 0.3 is 5.97 Å². The number of Topliss-reactive ketones (excluding diaryl/α,β-unsaturated/α-hetero) is 1. The number of hydrogen-bond donors (Lipinski definition) is 1. The number of ether oxygens (including phenoxy) is 1. The fourth-order valence-electron chi connectivity index (χ4n) is 4.77. The molecule has 2 fully saturated rings. The van der Waals surface area contributed by atoms with E-state index in [1.807, 2.05) is 18.2 Å². The number of rotatable bonds is 6. The van der Waals surface area contributed by atoms with Crippen molar-refractivity contribution in [2.24, 2.45) is 23.7 Å². The zero-order valence-electron chi connectivity index (χ0n) is 15.8. The summed E-state index contributed by atoms with van der Waals surface area (Å²) in [5.41, 5.74) is 1.20. The first kappa shape index (κ1) is 19.6. The molecule has 0 heterocycles. The Bertz CT molecular complexity index is 912. The SMILES string of the molecule is O=C(COC(=O)[C@@H]1[C@H]2CC[C@@H](C2)[C@@H]1C(=O)c1ccccc1)Nc1ccc(Cl)cc1. The van der Waals surface area contributed by atoms with Crippen LogP contribution in [0.4, 0.5) is 5.69 Å². The predicted octanol–water partition coefficient (Wildman–Crippen LogP) is 4.37. The maximum atomic E-state index is 13.1. The lowest BCUT2D eigenvalue weighted by Gasteiger charge is -2.28. The van der Waals surface area contributed by atoms with Gasteiger partial charge in [0.15, 0.2) is 12.4 Å². The minimum Gasteiger partial charge on any atom is -0.455 e. The maximum absolute atomic E-state index is 13.1.